The second kappa shape index (κ2) is 8.70. The second-order valence-corrected chi connectivity index (χ2v) is 10.7. The predicted octanol–water partition coefficient (Wildman–Crippen LogP) is 4.12. The number of hydrogen-bond acceptors (Lipinski definition) is 4. The Morgan fingerprint density at radius 1 is 0.906 bits per heavy atom. The summed E-state index contributed by atoms with van der Waals surface area (Å²) in [6.45, 7) is 3.64. The lowest BCUT2D eigenvalue weighted by atomic mass is 9.87. The third-order valence-corrected chi connectivity index (χ3v) is 8.49. The van der Waals surface area contributed by atoms with Crippen molar-refractivity contribution in [3.8, 4) is 5.75 Å². The molecular weight excluding hydrogens is 420 g/mol. The zero-order valence-electron chi connectivity index (χ0n) is 18.2. The molecule has 2 aliphatic heterocycles. The Morgan fingerprint density at radius 2 is 1.69 bits per heavy atom. The summed E-state index contributed by atoms with van der Waals surface area (Å²) in [6, 6.07) is 25.6. The summed E-state index contributed by atoms with van der Waals surface area (Å²) in [6.07, 6.45) is 0. The van der Waals surface area contributed by atoms with Crippen molar-refractivity contribution in [2.75, 3.05) is 26.7 Å². The minimum atomic E-state index is -3.64. The van der Waals surface area contributed by atoms with Gasteiger partial charge in [-0.25, -0.2) is 8.42 Å². The van der Waals surface area contributed by atoms with E-state index in [2.05, 4.69) is 47.4 Å². The van der Waals surface area contributed by atoms with Crippen LogP contribution >= 0.6 is 0 Å². The van der Waals surface area contributed by atoms with E-state index in [1.807, 2.05) is 12.1 Å². The summed E-state index contributed by atoms with van der Waals surface area (Å²) < 4.78 is 34.2. The summed E-state index contributed by atoms with van der Waals surface area (Å²) >= 11 is 0. The first-order valence-corrected chi connectivity index (χ1v) is 12.5. The maximum Gasteiger partial charge on any atom is 0.243 e. The van der Waals surface area contributed by atoms with Crippen molar-refractivity contribution in [3.63, 3.8) is 0 Å². The van der Waals surface area contributed by atoms with E-state index in [1.165, 1.54) is 11.1 Å². The molecule has 32 heavy (non-hydrogen) atoms. The molecule has 0 aromatic heterocycles. The lowest BCUT2D eigenvalue weighted by molar-refractivity contribution is 0.293. The predicted molar refractivity (Wildman–Crippen MR) is 125 cm³/mol. The van der Waals surface area contributed by atoms with Gasteiger partial charge in [0.25, 0.3) is 0 Å². The maximum atomic E-state index is 13.6. The van der Waals surface area contributed by atoms with Gasteiger partial charge < -0.3 is 4.74 Å². The highest BCUT2D eigenvalue weighted by Gasteiger charge is 2.41. The highest BCUT2D eigenvalue weighted by atomic mass is 32.2. The standard InChI is InChI=1S/C26H28N2O3S/c1-31-23-11-7-12-24(14-23)32(29,30)28-17-21-10-5-6-13-25(21)26-19-27(16-22(26)18-28)15-20-8-3-2-4-9-20/h2-14,22,26H,15-19H2,1H3/t22-,26?/m0/s1. The van der Waals surface area contributed by atoms with Gasteiger partial charge in [0.2, 0.25) is 10.0 Å². The van der Waals surface area contributed by atoms with E-state index >= 15 is 0 Å². The van der Waals surface area contributed by atoms with E-state index in [-0.39, 0.29) is 10.8 Å². The van der Waals surface area contributed by atoms with Crippen molar-refractivity contribution < 1.29 is 13.2 Å². The number of sulfonamides is 1. The van der Waals surface area contributed by atoms with Gasteiger partial charge >= 0.3 is 0 Å². The monoisotopic (exact) mass is 448 g/mol. The molecule has 0 saturated carbocycles. The Hall–Kier alpha value is -2.67. The van der Waals surface area contributed by atoms with Crippen LogP contribution in [0.2, 0.25) is 0 Å². The van der Waals surface area contributed by atoms with Crippen molar-refractivity contribution in [1.82, 2.24) is 9.21 Å². The van der Waals surface area contributed by atoms with Crippen molar-refractivity contribution in [2.45, 2.75) is 23.9 Å². The molecule has 0 bridgehead atoms. The number of nitrogens with zero attached hydrogens (tertiary/aromatic N) is 2. The molecule has 2 heterocycles. The molecule has 1 fully saturated rings. The molecule has 5 rings (SSSR count). The summed E-state index contributed by atoms with van der Waals surface area (Å²) in [4.78, 5) is 2.75. The van der Waals surface area contributed by atoms with Crippen molar-refractivity contribution in [3.05, 3.63) is 95.6 Å². The molecule has 3 aromatic carbocycles. The molecule has 6 heteroatoms. The Bertz CT molecular complexity index is 1200. The Morgan fingerprint density at radius 3 is 2.50 bits per heavy atom. The fraction of sp³-hybridized carbons (Fsp3) is 0.308. The molecule has 5 nitrogen and oxygen atoms in total. The van der Waals surface area contributed by atoms with Crippen LogP contribution in [0.1, 0.15) is 22.6 Å². The van der Waals surface area contributed by atoms with E-state index in [1.54, 1.807) is 35.7 Å². The van der Waals surface area contributed by atoms with Gasteiger partial charge in [-0.2, -0.15) is 4.31 Å². The van der Waals surface area contributed by atoms with Gasteiger partial charge in [-0.15, -0.1) is 0 Å². The van der Waals surface area contributed by atoms with Gasteiger partial charge in [-0.3, -0.25) is 4.90 Å². The maximum absolute atomic E-state index is 13.6. The topological polar surface area (TPSA) is 49.9 Å². The molecule has 166 valence electrons. The number of fused-ring (bicyclic) bond motifs is 3. The molecule has 2 aliphatic rings. The highest BCUT2D eigenvalue weighted by molar-refractivity contribution is 7.89. The van der Waals surface area contributed by atoms with Crippen LogP contribution in [-0.2, 0) is 23.1 Å². The summed E-state index contributed by atoms with van der Waals surface area (Å²) in [5, 5.41) is 0. The summed E-state index contributed by atoms with van der Waals surface area (Å²) in [7, 11) is -2.09. The van der Waals surface area contributed by atoms with Crippen LogP contribution in [0.5, 0.6) is 5.75 Å². The van der Waals surface area contributed by atoms with E-state index in [9.17, 15) is 8.42 Å². The smallest absolute Gasteiger partial charge is 0.243 e. The molecule has 0 spiro atoms. The normalized spacial score (nSPS) is 21.5. The van der Waals surface area contributed by atoms with Gasteiger partial charge in [-0.1, -0.05) is 60.7 Å². The largest absolute Gasteiger partial charge is 0.497 e. The number of benzene rings is 3. The van der Waals surface area contributed by atoms with Crippen LogP contribution in [0.3, 0.4) is 0 Å². The fourth-order valence-electron chi connectivity index (χ4n) is 5.12. The van der Waals surface area contributed by atoms with Crippen LogP contribution in [0.25, 0.3) is 0 Å². The van der Waals surface area contributed by atoms with E-state index in [0.29, 0.717) is 24.8 Å². The van der Waals surface area contributed by atoms with Gasteiger partial charge in [0.05, 0.1) is 12.0 Å². The van der Waals surface area contributed by atoms with Gasteiger partial charge in [0, 0.05) is 44.7 Å². The quantitative estimate of drug-likeness (QED) is 0.589. The molecule has 3 aromatic rings. The van der Waals surface area contributed by atoms with Crippen LogP contribution in [-0.4, -0.2) is 44.4 Å². The lowest BCUT2D eigenvalue weighted by Gasteiger charge is -2.24. The van der Waals surface area contributed by atoms with Gasteiger partial charge in [0.15, 0.2) is 0 Å². The first kappa shape index (κ1) is 21.2. The SMILES string of the molecule is COc1cccc(S(=O)(=O)N2Cc3ccccc3C3CN(Cc4ccccc4)C[C@H]3C2)c1. The van der Waals surface area contributed by atoms with Crippen LogP contribution in [0.15, 0.2) is 83.8 Å². The average molecular weight is 449 g/mol. The average Bonchev–Trinajstić information content (AvgIpc) is 3.14. The molecule has 0 radical (unpaired) electrons. The van der Waals surface area contributed by atoms with Crippen LogP contribution < -0.4 is 4.74 Å². The number of ether oxygens (including phenoxy) is 1. The van der Waals surface area contributed by atoms with Crippen molar-refractivity contribution in [2.24, 2.45) is 5.92 Å². The molecule has 0 aliphatic carbocycles. The van der Waals surface area contributed by atoms with Gasteiger partial charge in [0.1, 0.15) is 5.75 Å². The third-order valence-electron chi connectivity index (χ3n) is 6.68. The zero-order valence-corrected chi connectivity index (χ0v) is 19.0. The number of likely N-dealkylation sites (tertiary alicyclic amines) is 1. The van der Waals surface area contributed by atoms with E-state index in [4.69, 9.17) is 4.74 Å². The molecule has 1 unspecified atom stereocenters. The van der Waals surface area contributed by atoms with Gasteiger partial charge in [-0.05, 0) is 34.7 Å². The lowest BCUT2D eigenvalue weighted by Crippen LogP contribution is -2.35. The first-order valence-electron chi connectivity index (χ1n) is 11.0. The zero-order chi connectivity index (χ0) is 22.1. The van der Waals surface area contributed by atoms with Crippen molar-refractivity contribution >= 4 is 10.0 Å². The molecular formula is C26H28N2O3S. The molecule has 0 amide bonds. The minimum absolute atomic E-state index is 0.253. The van der Waals surface area contributed by atoms with Crippen LogP contribution in [0.4, 0.5) is 0 Å². The minimum Gasteiger partial charge on any atom is -0.497 e. The molecule has 0 N–H and O–H groups in total. The Kier molecular flexibility index (Phi) is 5.76. The first-order chi connectivity index (χ1) is 15.5. The number of rotatable bonds is 5. The van der Waals surface area contributed by atoms with E-state index < -0.39 is 10.0 Å². The highest BCUT2D eigenvalue weighted by Crippen LogP contribution is 2.40. The Balaban J connectivity index is 1.46. The van der Waals surface area contributed by atoms with Crippen molar-refractivity contribution in [1.29, 1.82) is 0 Å². The van der Waals surface area contributed by atoms with E-state index in [0.717, 1.165) is 25.2 Å². The molecule has 2 atom stereocenters. The fourth-order valence-corrected chi connectivity index (χ4v) is 6.63. The second-order valence-electron chi connectivity index (χ2n) is 8.72. The Labute approximate surface area is 190 Å². The molecule has 1 saturated heterocycles. The summed E-state index contributed by atoms with van der Waals surface area (Å²) in [5.41, 5.74) is 3.68. The van der Waals surface area contributed by atoms with Crippen LogP contribution in [0, 0.1) is 5.92 Å². The third kappa shape index (κ3) is 4.06. The number of methoxy groups -OCH3 is 1. The number of hydrogen-bond donors (Lipinski definition) is 0. The summed E-state index contributed by atoms with van der Waals surface area (Å²) in [5.74, 6) is 1.14.